The Bertz CT molecular complexity index is 752. The Morgan fingerprint density at radius 1 is 1.04 bits per heavy atom. The normalized spacial score (nSPS) is 12.0. The first-order chi connectivity index (χ1) is 11.3. The van der Waals surface area contributed by atoms with Crippen LogP contribution in [0.5, 0.6) is 0 Å². The molecule has 0 saturated heterocycles. The van der Waals surface area contributed by atoms with Gasteiger partial charge in [0.05, 0.1) is 17.0 Å². The van der Waals surface area contributed by atoms with Crippen LogP contribution >= 0.6 is 12.2 Å². The minimum absolute atomic E-state index is 0.0156. The molecule has 0 spiro atoms. The van der Waals surface area contributed by atoms with Crippen molar-refractivity contribution in [3.8, 4) is 0 Å². The van der Waals surface area contributed by atoms with Crippen LogP contribution in [0.4, 0.5) is 18.9 Å². The molecule has 0 amide bonds. The smallest absolute Gasteiger partial charge is 0.331 e. The summed E-state index contributed by atoms with van der Waals surface area (Å²) in [6, 6.07) is 12.8. The summed E-state index contributed by atoms with van der Waals surface area (Å²) in [4.78, 5) is 0. The fourth-order valence-electron chi connectivity index (χ4n) is 1.98. The summed E-state index contributed by atoms with van der Waals surface area (Å²) in [7, 11) is 0. The van der Waals surface area contributed by atoms with Gasteiger partial charge in [0.25, 0.3) is 0 Å². The molecular weight excluding hydrogens is 335 g/mol. The number of hydrogen-bond acceptors (Lipinski definition) is 2. The van der Waals surface area contributed by atoms with Gasteiger partial charge in [-0.1, -0.05) is 42.0 Å². The highest BCUT2D eigenvalue weighted by Crippen LogP contribution is 2.34. The molecular formula is C17H16F3N3S. The van der Waals surface area contributed by atoms with Crippen LogP contribution < -0.4 is 10.7 Å². The molecule has 0 aliphatic rings. The fourth-order valence-corrected chi connectivity index (χ4v) is 2.14. The zero-order valence-electron chi connectivity index (χ0n) is 13.1. The lowest BCUT2D eigenvalue weighted by molar-refractivity contribution is -0.136. The van der Waals surface area contributed by atoms with Crippen molar-refractivity contribution in [1.29, 1.82) is 0 Å². The Kier molecular flexibility index (Phi) is 5.56. The number of nitrogens with one attached hydrogen (secondary N) is 2. The summed E-state index contributed by atoms with van der Waals surface area (Å²) in [6.07, 6.45) is -4.46. The molecule has 2 rings (SSSR count). The Morgan fingerprint density at radius 2 is 1.67 bits per heavy atom. The van der Waals surface area contributed by atoms with Crippen LogP contribution in [0.3, 0.4) is 0 Å². The number of thiocarbonyl (C=S) groups is 1. The molecule has 0 aliphatic carbocycles. The first kappa shape index (κ1) is 17.9. The number of alkyl halides is 3. The van der Waals surface area contributed by atoms with E-state index in [1.54, 1.807) is 6.92 Å². The topological polar surface area (TPSA) is 36.4 Å². The van der Waals surface area contributed by atoms with Crippen molar-refractivity contribution in [2.24, 2.45) is 5.10 Å². The minimum Gasteiger partial charge on any atom is -0.331 e. The molecule has 0 fully saturated rings. The van der Waals surface area contributed by atoms with Gasteiger partial charge in [0.1, 0.15) is 0 Å². The minimum atomic E-state index is -4.46. The van der Waals surface area contributed by atoms with Gasteiger partial charge < -0.3 is 5.32 Å². The number of anilines is 1. The number of benzene rings is 2. The average molecular weight is 351 g/mol. The van der Waals surface area contributed by atoms with Crippen molar-refractivity contribution < 1.29 is 13.2 Å². The highest BCUT2D eigenvalue weighted by Gasteiger charge is 2.33. The summed E-state index contributed by atoms with van der Waals surface area (Å²) in [5.74, 6) is 0. The van der Waals surface area contributed by atoms with Crippen molar-refractivity contribution in [2.75, 3.05) is 5.32 Å². The molecule has 3 nitrogen and oxygen atoms in total. The van der Waals surface area contributed by atoms with E-state index < -0.39 is 11.7 Å². The molecule has 0 bridgehead atoms. The predicted molar refractivity (Wildman–Crippen MR) is 94.2 cm³/mol. The van der Waals surface area contributed by atoms with E-state index in [1.165, 1.54) is 18.2 Å². The van der Waals surface area contributed by atoms with Gasteiger partial charge in [-0.05, 0) is 43.8 Å². The van der Waals surface area contributed by atoms with Crippen LogP contribution in [0.15, 0.2) is 53.6 Å². The van der Waals surface area contributed by atoms with Crippen LogP contribution in [0.25, 0.3) is 0 Å². The largest absolute Gasteiger partial charge is 0.418 e. The summed E-state index contributed by atoms with van der Waals surface area (Å²) in [5, 5.41) is 6.60. The molecule has 2 N–H and O–H groups in total. The van der Waals surface area contributed by atoms with Crippen LogP contribution in [-0.4, -0.2) is 10.8 Å². The first-order valence-electron chi connectivity index (χ1n) is 7.12. The number of halogens is 3. The lowest BCUT2D eigenvalue weighted by Gasteiger charge is -2.14. The van der Waals surface area contributed by atoms with Gasteiger partial charge in [-0.15, -0.1) is 0 Å². The van der Waals surface area contributed by atoms with Gasteiger partial charge in [0.2, 0.25) is 0 Å². The number of para-hydroxylation sites is 1. The van der Waals surface area contributed by atoms with E-state index in [9.17, 15) is 13.2 Å². The standard InChI is InChI=1S/C17H16F3N3S/c1-11-7-9-13(10-8-11)12(2)22-23-16(24)21-15-6-4-3-5-14(15)17(18,19)20/h3-10H,1-2H3,(H2,21,23,24)/b22-12+. The van der Waals surface area contributed by atoms with Crippen LogP contribution in [0, 0.1) is 6.92 Å². The zero-order chi connectivity index (χ0) is 17.7. The SMILES string of the molecule is C/C(=N\NC(=S)Nc1ccccc1C(F)(F)F)c1ccc(C)cc1. The monoisotopic (exact) mass is 351 g/mol. The number of hydrogen-bond donors (Lipinski definition) is 2. The second kappa shape index (κ2) is 7.44. The molecule has 0 aromatic heterocycles. The maximum atomic E-state index is 12.9. The predicted octanol–water partition coefficient (Wildman–Crippen LogP) is 4.72. The highest BCUT2D eigenvalue weighted by molar-refractivity contribution is 7.80. The first-order valence-corrected chi connectivity index (χ1v) is 7.53. The summed E-state index contributed by atoms with van der Waals surface area (Å²) in [5.41, 5.74) is 4.35. The number of nitrogens with zero attached hydrogens (tertiary/aromatic N) is 1. The zero-order valence-corrected chi connectivity index (χ0v) is 13.9. The van der Waals surface area contributed by atoms with Gasteiger partial charge in [0.15, 0.2) is 5.11 Å². The lowest BCUT2D eigenvalue weighted by Crippen LogP contribution is -2.26. The molecule has 7 heteroatoms. The number of rotatable bonds is 3. The summed E-state index contributed by atoms with van der Waals surface area (Å²) < 4.78 is 38.8. The van der Waals surface area contributed by atoms with E-state index in [2.05, 4.69) is 15.8 Å². The van der Waals surface area contributed by atoms with Gasteiger partial charge in [-0.25, -0.2) is 0 Å². The fraction of sp³-hybridized carbons (Fsp3) is 0.176. The van der Waals surface area contributed by atoms with Gasteiger partial charge >= 0.3 is 6.18 Å². The van der Waals surface area contributed by atoms with E-state index in [1.807, 2.05) is 31.2 Å². The van der Waals surface area contributed by atoms with E-state index in [4.69, 9.17) is 12.2 Å². The third-order valence-electron chi connectivity index (χ3n) is 3.28. The van der Waals surface area contributed by atoms with Crippen molar-refractivity contribution in [3.63, 3.8) is 0 Å². The van der Waals surface area contributed by atoms with E-state index in [0.717, 1.165) is 17.2 Å². The molecule has 2 aromatic carbocycles. The average Bonchev–Trinajstić information content (AvgIpc) is 2.53. The molecule has 0 saturated carbocycles. The summed E-state index contributed by atoms with van der Waals surface area (Å²) in [6.45, 7) is 3.76. The molecule has 126 valence electrons. The third-order valence-corrected chi connectivity index (χ3v) is 3.47. The Morgan fingerprint density at radius 3 is 2.29 bits per heavy atom. The molecule has 2 aromatic rings. The van der Waals surface area contributed by atoms with Crippen molar-refractivity contribution >= 4 is 28.7 Å². The second-order valence-corrected chi connectivity index (χ2v) is 5.58. The molecule has 0 atom stereocenters. The van der Waals surface area contributed by atoms with Crippen molar-refractivity contribution in [2.45, 2.75) is 20.0 Å². The molecule has 0 unspecified atom stereocenters. The van der Waals surface area contributed by atoms with E-state index in [-0.39, 0.29) is 10.8 Å². The lowest BCUT2D eigenvalue weighted by atomic mass is 10.1. The maximum absolute atomic E-state index is 12.9. The highest BCUT2D eigenvalue weighted by atomic mass is 32.1. The van der Waals surface area contributed by atoms with Crippen molar-refractivity contribution in [3.05, 3.63) is 65.2 Å². The van der Waals surface area contributed by atoms with Crippen LogP contribution in [0.1, 0.15) is 23.6 Å². The Hall–Kier alpha value is -2.41. The van der Waals surface area contributed by atoms with Crippen LogP contribution in [0.2, 0.25) is 0 Å². The second-order valence-electron chi connectivity index (χ2n) is 5.17. The van der Waals surface area contributed by atoms with Crippen LogP contribution in [-0.2, 0) is 6.18 Å². The number of aryl methyl sites for hydroxylation is 1. The van der Waals surface area contributed by atoms with Gasteiger partial charge in [-0.2, -0.15) is 18.3 Å². The van der Waals surface area contributed by atoms with E-state index >= 15 is 0 Å². The maximum Gasteiger partial charge on any atom is 0.418 e. The summed E-state index contributed by atoms with van der Waals surface area (Å²) >= 11 is 5.01. The Balaban J connectivity index is 2.06. The molecule has 24 heavy (non-hydrogen) atoms. The third kappa shape index (κ3) is 4.79. The number of hydrazone groups is 1. The van der Waals surface area contributed by atoms with Gasteiger partial charge in [-0.3, -0.25) is 5.43 Å². The van der Waals surface area contributed by atoms with Gasteiger partial charge in [0, 0.05) is 0 Å². The molecule has 0 aliphatic heterocycles. The van der Waals surface area contributed by atoms with E-state index in [0.29, 0.717) is 5.71 Å². The Labute approximate surface area is 143 Å². The molecule has 0 heterocycles. The van der Waals surface area contributed by atoms with Crippen molar-refractivity contribution in [1.82, 2.24) is 5.43 Å². The quantitative estimate of drug-likeness (QED) is 0.477. The molecule has 0 radical (unpaired) electrons.